The van der Waals surface area contributed by atoms with Gasteiger partial charge < -0.3 is 11.1 Å². The number of amides is 1. The highest BCUT2D eigenvalue weighted by Gasteiger charge is 2.32. The van der Waals surface area contributed by atoms with Gasteiger partial charge in [-0.1, -0.05) is 35.9 Å². The maximum Gasteiger partial charge on any atom is 0.243 e. The van der Waals surface area contributed by atoms with E-state index in [0.717, 1.165) is 31.2 Å². The van der Waals surface area contributed by atoms with Crippen LogP contribution >= 0.6 is 11.6 Å². The summed E-state index contributed by atoms with van der Waals surface area (Å²) in [5.41, 5.74) is 7.76. The van der Waals surface area contributed by atoms with Crippen LogP contribution in [0.2, 0.25) is 5.02 Å². The van der Waals surface area contributed by atoms with Gasteiger partial charge in [-0.15, -0.1) is 0 Å². The van der Waals surface area contributed by atoms with Gasteiger partial charge >= 0.3 is 0 Å². The van der Waals surface area contributed by atoms with E-state index < -0.39 is 10.0 Å². The summed E-state index contributed by atoms with van der Waals surface area (Å²) in [4.78, 5) is 11.6. The number of carbonyl (C=O) groups excluding carboxylic acids is 1. The molecule has 1 saturated carbocycles. The number of nitrogens with one attached hydrogen (secondary N) is 1. The highest BCUT2D eigenvalue weighted by molar-refractivity contribution is 7.89. The fourth-order valence-electron chi connectivity index (χ4n) is 4.58. The van der Waals surface area contributed by atoms with E-state index >= 15 is 0 Å². The average molecular weight is 478 g/mol. The lowest BCUT2D eigenvalue weighted by atomic mass is 9.81. The molecule has 1 aliphatic rings. The van der Waals surface area contributed by atoms with E-state index in [1.165, 1.54) is 9.87 Å². The largest absolute Gasteiger partial charge is 0.370 e. The minimum absolute atomic E-state index is 0.0122. The fourth-order valence-corrected chi connectivity index (χ4v) is 6.12. The molecule has 2 aromatic rings. The van der Waals surface area contributed by atoms with Crippen molar-refractivity contribution in [3.63, 3.8) is 0 Å². The van der Waals surface area contributed by atoms with E-state index in [0.29, 0.717) is 23.9 Å². The van der Waals surface area contributed by atoms with Crippen molar-refractivity contribution in [2.75, 3.05) is 20.6 Å². The van der Waals surface area contributed by atoms with E-state index in [1.807, 2.05) is 7.05 Å². The number of nitrogens with two attached hydrogens (primary N) is 1. The molecule has 0 spiro atoms. The van der Waals surface area contributed by atoms with Gasteiger partial charge in [0.05, 0.1) is 4.90 Å². The van der Waals surface area contributed by atoms with Crippen LogP contribution < -0.4 is 11.1 Å². The predicted octanol–water partition coefficient (Wildman–Crippen LogP) is 3.87. The standard InChI is InChI=1S/C24H32ClN3O3S/c1-27-16-20(15-24(26)29)19-5-3-17(4-6-19)18-7-11-22(12-8-18)28(2)32(30,31)23-13-9-21(25)10-14-23/h3-6,9-10,13-14,18,20,22,27H,7-8,11-12,15-16H2,1-2H3,(H2,26,29). The van der Waals surface area contributed by atoms with Gasteiger partial charge in [-0.3, -0.25) is 4.79 Å². The Morgan fingerprint density at radius 1 is 1.09 bits per heavy atom. The number of nitrogens with zero attached hydrogens (tertiary/aromatic N) is 1. The van der Waals surface area contributed by atoms with E-state index in [1.54, 1.807) is 31.3 Å². The minimum atomic E-state index is -3.54. The summed E-state index contributed by atoms with van der Waals surface area (Å²) < 4.78 is 27.5. The summed E-state index contributed by atoms with van der Waals surface area (Å²) >= 11 is 5.90. The Hall–Kier alpha value is -1.93. The van der Waals surface area contributed by atoms with E-state index in [4.69, 9.17) is 17.3 Å². The van der Waals surface area contributed by atoms with Crippen LogP contribution in [0.1, 0.15) is 55.1 Å². The molecule has 0 aliphatic heterocycles. The second kappa shape index (κ2) is 10.8. The molecule has 1 atom stereocenters. The SMILES string of the molecule is CNCC(CC(N)=O)c1ccc(C2CCC(N(C)S(=O)(=O)c3ccc(Cl)cc3)CC2)cc1. The quantitative estimate of drug-likeness (QED) is 0.573. The zero-order chi connectivity index (χ0) is 23.3. The molecule has 0 saturated heterocycles. The zero-order valence-corrected chi connectivity index (χ0v) is 20.2. The molecule has 0 radical (unpaired) electrons. The molecule has 3 rings (SSSR count). The number of halogens is 1. The molecule has 1 unspecified atom stereocenters. The molecular weight excluding hydrogens is 446 g/mol. The van der Waals surface area contributed by atoms with E-state index in [-0.39, 0.29) is 22.8 Å². The molecule has 0 heterocycles. The van der Waals surface area contributed by atoms with Crippen molar-refractivity contribution in [1.29, 1.82) is 0 Å². The summed E-state index contributed by atoms with van der Waals surface area (Å²) in [5, 5.41) is 3.64. The third-order valence-corrected chi connectivity index (χ3v) is 8.66. The highest BCUT2D eigenvalue weighted by atomic mass is 35.5. The maximum absolute atomic E-state index is 13.0. The Morgan fingerprint density at radius 3 is 2.22 bits per heavy atom. The van der Waals surface area contributed by atoms with Crippen LogP contribution in [0.15, 0.2) is 53.4 Å². The molecule has 3 N–H and O–H groups in total. The molecular formula is C24H32ClN3O3S. The molecule has 32 heavy (non-hydrogen) atoms. The smallest absolute Gasteiger partial charge is 0.243 e. The van der Waals surface area contributed by atoms with Crippen LogP contribution in [0, 0.1) is 0 Å². The lowest BCUT2D eigenvalue weighted by molar-refractivity contribution is -0.118. The Kier molecular flexibility index (Phi) is 8.33. The number of hydrogen-bond donors (Lipinski definition) is 2. The first-order valence-electron chi connectivity index (χ1n) is 11.0. The monoisotopic (exact) mass is 477 g/mol. The van der Waals surface area contributed by atoms with Gasteiger partial charge in [0.1, 0.15) is 0 Å². The fraction of sp³-hybridized carbons (Fsp3) is 0.458. The van der Waals surface area contributed by atoms with Crippen molar-refractivity contribution in [2.45, 2.75) is 54.9 Å². The minimum Gasteiger partial charge on any atom is -0.370 e. The van der Waals surface area contributed by atoms with Crippen molar-refractivity contribution in [1.82, 2.24) is 9.62 Å². The van der Waals surface area contributed by atoms with Crippen molar-refractivity contribution in [3.8, 4) is 0 Å². The average Bonchev–Trinajstić information content (AvgIpc) is 2.78. The van der Waals surface area contributed by atoms with Crippen LogP contribution in [0.5, 0.6) is 0 Å². The second-order valence-electron chi connectivity index (χ2n) is 8.57. The number of rotatable bonds is 9. The summed E-state index contributed by atoms with van der Waals surface area (Å²) in [6, 6.07) is 14.8. The topological polar surface area (TPSA) is 92.5 Å². The second-order valence-corrected chi connectivity index (χ2v) is 11.0. The zero-order valence-electron chi connectivity index (χ0n) is 18.6. The Bertz CT molecular complexity index is 1000. The third kappa shape index (κ3) is 5.90. The van der Waals surface area contributed by atoms with Gasteiger partial charge in [0.2, 0.25) is 15.9 Å². The molecule has 0 bridgehead atoms. The molecule has 1 aliphatic carbocycles. The van der Waals surface area contributed by atoms with Crippen LogP contribution in [0.3, 0.4) is 0 Å². The molecule has 0 aromatic heterocycles. The van der Waals surface area contributed by atoms with Crippen LogP contribution in [0.25, 0.3) is 0 Å². The predicted molar refractivity (Wildman–Crippen MR) is 128 cm³/mol. The van der Waals surface area contributed by atoms with Crippen molar-refractivity contribution in [3.05, 3.63) is 64.7 Å². The summed E-state index contributed by atoms with van der Waals surface area (Å²) in [7, 11) is -0.0000684. The van der Waals surface area contributed by atoms with Gasteiger partial charge in [-0.05, 0) is 74.0 Å². The van der Waals surface area contributed by atoms with Gasteiger partial charge in [0, 0.05) is 37.0 Å². The lowest BCUT2D eigenvalue weighted by Gasteiger charge is -2.34. The molecule has 1 fully saturated rings. The first-order chi connectivity index (χ1) is 15.2. The van der Waals surface area contributed by atoms with Crippen molar-refractivity contribution >= 4 is 27.5 Å². The van der Waals surface area contributed by atoms with E-state index in [2.05, 4.69) is 29.6 Å². The van der Waals surface area contributed by atoms with Gasteiger partial charge in [-0.25, -0.2) is 8.42 Å². The maximum atomic E-state index is 13.0. The Morgan fingerprint density at radius 2 is 1.69 bits per heavy atom. The van der Waals surface area contributed by atoms with Crippen LogP contribution in [0.4, 0.5) is 0 Å². The Balaban J connectivity index is 1.62. The number of sulfonamides is 1. The van der Waals surface area contributed by atoms with Crippen LogP contribution in [-0.4, -0.2) is 45.3 Å². The lowest BCUT2D eigenvalue weighted by Crippen LogP contribution is -2.39. The molecule has 174 valence electrons. The van der Waals surface area contributed by atoms with E-state index in [9.17, 15) is 13.2 Å². The summed E-state index contributed by atoms with van der Waals surface area (Å²) in [6.07, 6.45) is 3.83. The number of hydrogen-bond acceptors (Lipinski definition) is 4. The van der Waals surface area contributed by atoms with Crippen molar-refractivity contribution in [2.24, 2.45) is 5.73 Å². The number of likely N-dealkylation sites (N-methyl/N-ethyl adjacent to an activating group) is 1. The van der Waals surface area contributed by atoms with Gasteiger partial charge in [-0.2, -0.15) is 4.31 Å². The first-order valence-corrected chi connectivity index (χ1v) is 12.8. The normalized spacial score (nSPS) is 20.2. The number of primary amides is 1. The summed E-state index contributed by atoms with van der Waals surface area (Å²) in [6.45, 7) is 0.696. The molecule has 6 nitrogen and oxygen atoms in total. The number of carbonyl (C=O) groups is 1. The molecule has 8 heteroatoms. The van der Waals surface area contributed by atoms with Crippen molar-refractivity contribution < 1.29 is 13.2 Å². The first kappa shape index (κ1) is 24.7. The third-order valence-electron chi connectivity index (χ3n) is 6.48. The molecule has 2 aromatic carbocycles. The van der Waals surface area contributed by atoms with Gasteiger partial charge in [0.25, 0.3) is 0 Å². The number of benzene rings is 2. The summed E-state index contributed by atoms with van der Waals surface area (Å²) in [5.74, 6) is 0.171. The van der Waals surface area contributed by atoms with Crippen LogP contribution in [-0.2, 0) is 14.8 Å². The highest BCUT2D eigenvalue weighted by Crippen LogP contribution is 2.36. The Labute approximate surface area is 196 Å². The van der Waals surface area contributed by atoms with Gasteiger partial charge in [0.15, 0.2) is 0 Å². The molecule has 1 amide bonds.